The predicted molar refractivity (Wildman–Crippen MR) is 84.4 cm³/mol. The summed E-state index contributed by atoms with van der Waals surface area (Å²) >= 11 is 6.23. The second kappa shape index (κ2) is 10.6. The van der Waals surface area contributed by atoms with Gasteiger partial charge in [-0.3, -0.25) is 4.90 Å². The Balaban J connectivity index is 2.63. The Morgan fingerprint density at radius 3 is 2.24 bits per heavy atom. The molecule has 0 aliphatic carbocycles. The molecule has 0 amide bonds. The average Bonchev–Trinajstić information content (AvgIpc) is 2.49. The quantitative estimate of drug-likeness (QED) is 0.623. The third-order valence-corrected chi connectivity index (χ3v) is 3.44. The summed E-state index contributed by atoms with van der Waals surface area (Å²) in [6.45, 7) is 9.18. The van der Waals surface area contributed by atoms with Gasteiger partial charge in [-0.05, 0) is 31.5 Å². The largest absolute Gasteiger partial charge is 0.380 e. The maximum absolute atomic E-state index is 8.87. The maximum atomic E-state index is 8.87. The molecule has 0 radical (unpaired) electrons. The van der Waals surface area contributed by atoms with Crippen LogP contribution >= 0.6 is 11.6 Å². The first-order chi connectivity index (χ1) is 10.2. The summed E-state index contributed by atoms with van der Waals surface area (Å²) in [5.74, 6) is 0. The second-order valence-electron chi connectivity index (χ2n) is 4.59. The minimum absolute atomic E-state index is 0.582. The molecule has 0 aromatic heterocycles. The summed E-state index contributed by atoms with van der Waals surface area (Å²) < 4.78 is 10.8. The summed E-state index contributed by atoms with van der Waals surface area (Å²) in [6, 6.07) is 7.51. The molecule has 0 heterocycles. The smallest absolute Gasteiger partial charge is 0.0992 e. The summed E-state index contributed by atoms with van der Waals surface area (Å²) in [5.41, 5.74) is 1.60. The van der Waals surface area contributed by atoms with E-state index in [4.69, 9.17) is 26.3 Å². The minimum atomic E-state index is 0.582. The van der Waals surface area contributed by atoms with Gasteiger partial charge >= 0.3 is 0 Å². The number of hydrogen-bond donors (Lipinski definition) is 0. The van der Waals surface area contributed by atoms with E-state index in [-0.39, 0.29) is 0 Å². The van der Waals surface area contributed by atoms with Gasteiger partial charge in [0.15, 0.2) is 0 Å². The lowest BCUT2D eigenvalue weighted by molar-refractivity contribution is 0.0798. The molecule has 1 aromatic rings. The van der Waals surface area contributed by atoms with Crippen LogP contribution in [0, 0.1) is 11.3 Å². The molecule has 0 aliphatic rings. The van der Waals surface area contributed by atoms with Crippen LogP contribution in [0.15, 0.2) is 18.2 Å². The van der Waals surface area contributed by atoms with Crippen molar-refractivity contribution in [2.24, 2.45) is 0 Å². The Morgan fingerprint density at radius 1 is 1.14 bits per heavy atom. The van der Waals surface area contributed by atoms with E-state index in [1.807, 2.05) is 19.9 Å². The number of hydrogen-bond acceptors (Lipinski definition) is 4. The van der Waals surface area contributed by atoms with Gasteiger partial charge in [-0.25, -0.2) is 0 Å². The van der Waals surface area contributed by atoms with Gasteiger partial charge in [0.25, 0.3) is 0 Å². The lowest BCUT2D eigenvalue weighted by Crippen LogP contribution is -2.30. The number of ether oxygens (including phenoxy) is 2. The third kappa shape index (κ3) is 6.92. The normalized spacial score (nSPS) is 10.8. The Bertz CT molecular complexity index is 450. The van der Waals surface area contributed by atoms with E-state index in [1.165, 1.54) is 0 Å². The van der Waals surface area contributed by atoms with Crippen LogP contribution in [0.2, 0.25) is 5.02 Å². The van der Waals surface area contributed by atoms with E-state index in [0.29, 0.717) is 23.8 Å². The molecular weight excluding hydrogens is 288 g/mol. The number of nitriles is 1. The molecule has 4 nitrogen and oxygen atoms in total. The van der Waals surface area contributed by atoms with Gasteiger partial charge in [0.1, 0.15) is 0 Å². The third-order valence-electron chi connectivity index (χ3n) is 3.09. The minimum Gasteiger partial charge on any atom is -0.380 e. The molecule has 0 N–H and O–H groups in total. The van der Waals surface area contributed by atoms with Gasteiger partial charge in [0.2, 0.25) is 0 Å². The van der Waals surface area contributed by atoms with Crippen LogP contribution in [0.4, 0.5) is 0 Å². The van der Waals surface area contributed by atoms with Crippen molar-refractivity contribution in [3.8, 4) is 6.07 Å². The molecule has 21 heavy (non-hydrogen) atoms. The first-order valence-electron chi connectivity index (χ1n) is 7.27. The lowest BCUT2D eigenvalue weighted by Gasteiger charge is -2.22. The van der Waals surface area contributed by atoms with Gasteiger partial charge in [-0.2, -0.15) is 5.26 Å². The molecule has 1 rings (SSSR count). The number of nitrogens with zero attached hydrogens (tertiary/aromatic N) is 2. The van der Waals surface area contributed by atoms with Crippen molar-refractivity contribution < 1.29 is 9.47 Å². The van der Waals surface area contributed by atoms with E-state index in [2.05, 4.69) is 11.0 Å². The van der Waals surface area contributed by atoms with Crippen LogP contribution in [-0.2, 0) is 16.0 Å². The highest BCUT2D eigenvalue weighted by molar-refractivity contribution is 6.31. The van der Waals surface area contributed by atoms with Crippen molar-refractivity contribution in [2.75, 3.05) is 39.5 Å². The summed E-state index contributed by atoms with van der Waals surface area (Å²) in [4.78, 5) is 2.25. The number of benzene rings is 1. The van der Waals surface area contributed by atoms with E-state index < -0.39 is 0 Å². The van der Waals surface area contributed by atoms with Crippen LogP contribution < -0.4 is 0 Å². The Kier molecular flexibility index (Phi) is 9.04. The fraction of sp³-hybridized carbons (Fsp3) is 0.562. The fourth-order valence-electron chi connectivity index (χ4n) is 1.93. The van der Waals surface area contributed by atoms with Crippen LogP contribution in [0.25, 0.3) is 0 Å². The first kappa shape index (κ1) is 17.9. The molecule has 0 fully saturated rings. The zero-order valence-electron chi connectivity index (χ0n) is 12.8. The molecule has 0 aliphatic heterocycles. The van der Waals surface area contributed by atoms with Crippen LogP contribution in [0.3, 0.4) is 0 Å². The fourth-order valence-corrected chi connectivity index (χ4v) is 2.17. The summed E-state index contributed by atoms with van der Waals surface area (Å²) in [5, 5.41) is 9.50. The number of halogens is 1. The van der Waals surface area contributed by atoms with Gasteiger partial charge in [-0.1, -0.05) is 17.7 Å². The van der Waals surface area contributed by atoms with Crippen molar-refractivity contribution >= 4 is 11.6 Å². The van der Waals surface area contributed by atoms with Gasteiger partial charge in [0, 0.05) is 37.9 Å². The molecule has 0 unspecified atom stereocenters. The molecule has 0 atom stereocenters. The molecule has 0 saturated heterocycles. The Morgan fingerprint density at radius 2 is 1.76 bits per heavy atom. The Labute approximate surface area is 132 Å². The van der Waals surface area contributed by atoms with Crippen molar-refractivity contribution in [1.29, 1.82) is 5.26 Å². The molecule has 116 valence electrons. The monoisotopic (exact) mass is 310 g/mol. The molecule has 0 spiro atoms. The van der Waals surface area contributed by atoms with Gasteiger partial charge < -0.3 is 9.47 Å². The van der Waals surface area contributed by atoms with Crippen LogP contribution in [0.1, 0.15) is 25.0 Å². The molecule has 0 bridgehead atoms. The molecule has 1 aromatic carbocycles. The van der Waals surface area contributed by atoms with E-state index >= 15 is 0 Å². The average molecular weight is 311 g/mol. The summed E-state index contributed by atoms with van der Waals surface area (Å²) in [6.07, 6.45) is 0. The zero-order valence-corrected chi connectivity index (χ0v) is 13.5. The van der Waals surface area contributed by atoms with E-state index in [0.717, 1.165) is 38.4 Å². The number of rotatable bonds is 10. The van der Waals surface area contributed by atoms with Crippen molar-refractivity contribution in [3.63, 3.8) is 0 Å². The maximum Gasteiger partial charge on any atom is 0.0992 e. The zero-order chi connectivity index (χ0) is 15.5. The topological polar surface area (TPSA) is 45.5 Å². The first-order valence-corrected chi connectivity index (χ1v) is 7.65. The second-order valence-corrected chi connectivity index (χ2v) is 5.00. The highest BCUT2D eigenvalue weighted by Crippen LogP contribution is 2.19. The van der Waals surface area contributed by atoms with Gasteiger partial charge in [-0.15, -0.1) is 0 Å². The SMILES string of the molecule is CCOCCN(CCOCC)Cc1ccc(C#N)cc1Cl. The highest BCUT2D eigenvalue weighted by Gasteiger charge is 2.09. The Hall–Kier alpha value is -1.12. The highest BCUT2D eigenvalue weighted by atomic mass is 35.5. The summed E-state index contributed by atoms with van der Waals surface area (Å²) in [7, 11) is 0. The van der Waals surface area contributed by atoms with E-state index in [1.54, 1.807) is 12.1 Å². The molecule has 5 heteroatoms. The van der Waals surface area contributed by atoms with Crippen molar-refractivity contribution in [3.05, 3.63) is 34.3 Å². The predicted octanol–water partition coefficient (Wildman–Crippen LogP) is 3.09. The molecular formula is C16H23ClN2O2. The van der Waals surface area contributed by atoms with Gasteiger partial charge in [0.05, 0.1) is 24.8 Å². The standard InChI is InChI=1S/C16H23ClN2O2/c1-3-20-9-7-19(8-10-21-4-2)13-15-6-5-14(12-18)11-16(15)17/h5-6,11H,3-4,7-10,13H2,1-2H3. The van der Waals surface area contributed by atoms with Crippen molar-refractivity contribution in [2.45, 2.75) is 20.4 Å². The van der Waals surface area contributed by atoms with E-state index in [9.17, 15) is 0 Å². The van der Waals surface area contributed by atoms with Crippen LogP contribution in [0.5, 0.6) is 0 Å². The molecule has 0 saturated carbocycles. The lowest BCUT2D eigenvalue weighted by atomic mass is 10.1. The van der Waals surface area contributed by atoms with Crippen LogP contribution in [-0.4, -0.2) is 44.4 Å². The van der Waals surface area contributed by atoms with Crippen molar-refractivity contribution in [1.82, 2.24) is 4.90 Å².